The highest BCUT2D eigenvalue weighted by atomic mass is 35.5. The van der Waals surface area contributed by atoms with Gasteiger partial charge in [-0.3, -0.25) is 4.79 Å². The molecule has 1 aliphatic rings. The minimum absolute atomic E-state index is 0.0568. The number of β-amino-alcohol motifs (C(OH)–C–C–N with tert-alkyl or cyclic N) is 1. The molecule has 98 valence electrons. The fraction of sp³-hybridized carbons (Fsp3) is 0.462. The molecule has 2 rings (SSSR count). The van der Waals surface area contributed by atoms with Gasteiger partial charge in [-0.05, 0) is 24.5 Å². The Hall–Kier alpha value is -1.10. The van der Waals surface area contributed by atoms with Crippen LogP contribution in [-0.2, 0) is 11.2 Å². The molecule has 1 fully saturated rings. The van der Waals surface area contributed by atoms with E-state index in [0.29, 0.717) is 25.9 Å². The highest BCUT2D eigenvalue weighted by Gasteiger charge is 2.27. The van der Waals surface area contributed by atoms with E-state index >= 15 is 0 Å². The molecule has 1 heterocycles. The van der Waals surface area contributed by atoms with E-state index in [-0.39, 0.29) is 11.9 Å². The smallest absolute Gasteiger partial charge is 0.237 e. The van der Waals surface area contributed by atoms with E-state index in [1.807, 2.05) is 24.3 Å². The molecule has 0 bridgehead atoms. The van der Waals surface area contributed by atoms with Crippen LogP contribution in [0.3, 0.4) is 0 Å². The van der Waals surface area contributed by atoms with Crippen molar-refractivity contribution in [2.45, 2.75) is 25.0 Å². The second-order valence-electron chi connectivity index (χ2n) is 4.48. The molecular formula is C13H17ClN2O2. The maximum absolute atomic E-state index is 11.7. The van der Waals surface area contributed by atoms with Crippen LogP contribution in [0.2, 0.25) is 5.02 Å². The number of hydrogen-bond donors (Lipinski definition) is 3. The monoisotopic (exact) mass is 268 g/mol. The molecule has 18 heavy (non-hydrogen) atoms. The molecule has 0 radical (unpaired) electrons. The standard InChI is InChI=1S/C13H17ClN2O2/c14-11-4-2-1-3-9(11)5-6-15-13(18)12-7-10(17)8-16-12/h1-4,10,12,16-17H,5-8H2,(H,15,18)/t10-,12+/m1/s1. The van der Waals surface area contributed by atoms with Crippen molar-refractivity contribution in [3.05, 3.63) is 34.9 Å². The van der Waals surface area contributed by atoms with Crippen LogP contribution in [0.4, 0.5) is 0 Å². The molecule has 1 aromatic rings. The van der Waals surface area contributed by atoms with Gasteiger partial charge in [0.1, 0.15) is 0 Å². The summed E-state index contributed by atoms with van der Waals surface area (Å²) in [6.45, 7) is 1.04. The quantitative estimate of drug-likeness (QED) is 0.754. The third-order valence-corrected chi connectivity index (χ3v) is 3.44. The van der Waals surface area contributed by atoms with Crippen molar-refractivity contribution in [3.8, 4) is 0 Å². The van der Waals surface area contributed by atoms with Crippen LogP contribution < -0.4 is 10.6 Å². The van der Waals surface area contributed by atoms with Gasteiger partial charge in [-0.1, -0.05) is 29.8 Å². The maximum atomic E-state index is 11.7. The van der Waals surface area contributed by atoms with Crippen LogP contribution in [0.5, 0.6) is 0 Å². The number of aliphatic hydroxyl groups excluding tert-OH is 1. The first-order valence-electron chi connectivity index (χ1n) is 6.09. The molecule has 0 aliphatic carbocycles. The van der Waals surface area contributed by atoms with Gasteiger partial charge < -0.3 is 15.7 Å². The fourth-order valence-corrected chi connectivity index (χ4v) is 2.29. The summed E-state index contributed by atoms with van der Waals surface area (Å²) in [4.78, 5) is 11.7. The number of halogens is 1. The minimum atomic E-state index is -0.413. The molecule has 0 unspecified atom stereocenters. The third kappa shape index (κ3) is 3.45. The predicted molar refractivity (Wildman–Crippen MR) is 70.6 cm³/mol. The topological polar surface area (TPSA) is 61.4 Å². The van der Waals surface area contributed by atoms with Gasteiger partial charge in [-0.15, -0.1) is 0 Å². The zero-order valence-electron chi connectivity index (χ0n) is 10.0. The van der Waals surface area contributed by atoms with Crippen LogP contribution in [0.1, 0.15) is 12.0 Å². The van der Waals surface area contributed by atoms with Crippen LogP contribution in [0.25, 0.3) is 0 Å². The SMILES string of the molecule is O=C(NCCc1ccccc1Cl)[C@@H]1C[C@@H](O)CN1. The lowest BCUT2D eigenvalue weighted by Crippen LogP contribution is -2.41. The number of carbonyl (C=O) groups is 1. The van der Waals surface area contributed by atoms with Crippen molar-refractivity contribution in [2.24, 2.45) is 0 Å². The Labute approximate surface area is 111 Å². The molecule has 5 heteroatoms. The number of amides is 1. The predicted octanol–water partition coefficient (Wildman–Crippen LogP) is 0.721. The zero-order valence-corrected chi connectivity index (χ0v) is 10.8. The van der Waals surface area contributed by atoms with Crippen molar-refractivity contribution in [2.75, 3.05) is 13.1 Å². The average Bonchev–Trinajstić information content (AvgIpc) is 2.78. The number of hydrogen-bond acceptors (Lipinski definition) is 3. The maximum Gasteiger partial charge on any atom is 0.237 e. The molecule has 4 nitrogen and oxygen atoms in total. The molecule has 1 saturated heterocycles. The van der Waals surface area contributed by atoms with E-state index < -0.39 is 6.10 Å². The Morgan fingerprint density at radius 3 is 2.94 bits per heavy atom. The summed E-state index contributed by atoms with van der Waals surface area (Å²) in [5.41, 5.74) is 1.03. The lowest BCUT2D eigenvalue weighted by Gasteiger charge is -2.11. The highest BCUT2D eigenvalue weighted by molar-refractivity contribution is 6.31. The van der Waals surface area contributed by atoms with E-state index in [9.17, 15) is 9.90 Å². The first-order valence-corrected chi connectivity index (χ1v) is 6.47. The molecule has 1 aliphatic heterocycles. The summed E-state index contributed by atoms with van der Waals surface area (Å²) in [5.74, 6) is -0.0568. The van der Waals surface area contributed by atoms with E-state index in [0.717, 1.165) is 10.6 Å². The first kappa shape index (κ1) is 13.3. The van der Waals surface area contributed by atoms with Crippen LogP contribution in [0, 0.1) is 0 Å². The Bertz CT molecular complexity index is 425. The number of aliphatic hydroxyl groups is 1. The van der Waals surface area contributed by atoms with E-state index in [2.05, 4.69) is 10.6 Å². The first-order chi connectivity index (χ1) is 8.66. The second-order valence-corrected chi connectivity index (χ2v) is 4.89. The van der Waals surface area contributed by atoms with Crippen molar-refractivity contribution in [1.29, 1.82) is 0 Å². The zero-order chi connectivity index (χ0) is 13.0. The van der Waals surface area contributed by atoms with E-state index in [1.54, 1.807) is 0 Å². The Balaban J connectivity index is 1.75. The summed E-state index contributed by atoms with van der Waals surface area (Å²) >= 11 is 6.03. The Morgan fingerprint density at radius 1 is 1.50 bits per heavy atom. The lowest BCUT2D eigenvalue weighted by molar-refractivity contribution is -0.122. The van der Waals surface area contributed by atoms with Crippen LogP contribution in [-0.4, -0.2) is 36.2 Å². The van der Waals surface area contributed by atoms with Gasteiger partial charge in [-0.2, -0.15) is 0 Å². The summed E-state index contributed by atoms with van der Waals surface area (Å²) in [7, 11) is 0. The van der Waals surface area contributed by atoms with Gasteiger partial charge in [0.15, 0.2) is 0 Å². The van der Waals surface area contributed by atoms with Gasteiger partial charge in [0, 0.05) is 18.1 Å². The molecule has 1 amide bonds. The molecule has 3 N–H and O–H groups in total. The molecule has 0 spiro atoms. The Morgan fingerprint density at radius 2 is 2.28 bits per heavy atom. The largest absolute Gasteiger partial charge is 0.392 e. The molecule has 0 saturated carbocycles. The van der Waals surface area contributed by atoms with Crippen molar-refractivity contribution < 1.29 is 9.90 Å². The lowest BCUT2D eigenvalue weighted by atomic mass is 10.1. The third-order valence-electron chi connectivity index (χ3n) is 3.08. The molecule has 2 atom stereocenters. The summed E-state index contributed by atoms with van der Waals surface area (Å²) in [6, 6.07) is 7.33. The highest BCUT2D eigenvalue weighted by Crippen LogP contribution is 2.14. The van der Waals surface area contributed by atoms with E-state index in [4.69, 9.17) is 11.6 Å². The van der Waals surface area contributed by atoms with Crippen LogP contribution in [0.15, 0.2) is 24.3 Å². The summed E-state index contributed by atoms with van der Waals surface area (Å²) < 4.78 is 0. The molecular weight excluding hydrogens is 252 g/mol. The second kappa shape index (κ2) is 6.18. The molecule has 1 aromatic carbocycles. The van der Waals surface area contributed by atoms with Gasteiger partial charge in [-0.25, -0.2) is 0 Å². The van der Waals surface area contributed by atoms with Gasteiger partial charge >= 0.3 is 0 Å². The van der Waals surface area contributed by atoms with Gasteiger partial charge in [0.25, 0.3) is 0 Å². The fourth-order valence-electron chi connectivity index (χ4n) is 2.06. The van der Waals surface area contributed by atoms with Crippen molar-refractivity contribution in [3.63, 3.8) is 0 Å². The summed E-state index contributed by atoms with van der Waals surface area (Å²) in [5, 5.41) is 15.9. The Kier molecular flexibility index (Phi) is 4.58. The average molecular weight is 269 g/mol. The van der Waals surface area contributed by atoms with E-state index in [1.165, 1.54) is 0 Å². The van der Waals surface area contributed by atoms with Gasteiger partial charge in [0.2, 0.25) is 5.91 Å². The van der Waals surface area contributed by atoms with Gasteiger partial charge in [0.05, 0.1) is 12.1 Å². The van der Waals surface area contributed by atoms with Crippen molar-refractivity contribution >= 4 is 17.5 Å². The number of nitrogens with one attached hydrogen (secondary N) is 2. The number of rotatable bonds is 4. The number of benzene rings is 1. The van der Waals surface area contributed by atoms with Crippen LogP contribution >= 0.6 is 11.6 Å². The normalized spacial score (nSPS) is 23.0. The summed E-state index contributed by atoms with van der Waals surface area (Å²) in [6.07, 6.45) is 0.780. The van der Waals surface area contributed by atoms with Crippen molar-refractivity contribution in [1.82, 2.24) is 10.6 Å². The number of carbonyl (C=O) groups excluding carboxylic acids is 1. The molecule has 0 aromatic heterocycles. The minimum Gasteiger partial charge on any atom is -0.392 e.